The zero-order valence-electron chi connectivity index (χ0n) is 10.1. The van der Waals surface area contributed by atoms with Crippen molar-refractivity contribution < 1.29 is 4.52 Å². The Hall–Kier alpha value is -2.02. The minimum atomic E-state index is 0.443. The summed E-state index contributed by atoms with van der Waals surface area (Å²) >= 11 is 1.76. The van der Waals surface area contributed by atoms with Crippen molar-refractivity contribution in [3.05, 3.63) is 22.8 Å². The maximum absolute atomic E-state index is 5.31. The number of aromatic nitrogens is 5. The van der Waals surface area contributed by atoms with Crippen molar-refractivity contribution >= 4 is 11.3 Å². The molecule has 0 bridgehead atoms. The molecule has 0 amide bonds. The molecule has 3 heterocycles. The first-order valence-corrected chi connectivity index (χ1v) is 7.03. The third kappa shape index (κ3) is 1.86. The summed E-state index contributed by atoms with van der Waals surface area (Å²) in [4.78, 5) is 10.9. The van der Waals surface area contributed by atoms with E-state index in [9.17, 15) is 0 Å². The lowest BCUT2D eigenvalue weighted by Crippen LogP contribution is -1.96. The molecule has 1 aliphatic rings. The van der Waals surface area contributed by atoms with Gasteiger partial charge in [-0.1, -0.05) is 5.16 Å². The normalized spacial score (nSPS) is 14.5. The van der Waals surface area contributed by atoms with Gasteiger partial charge in [-0.05, 0) is 37.3 Å². The third-order valence-electron chi connectivity index (χ3n) is 3.26. The number of fused-ring (bicyclic) bond motifs is 1. The number of rotatable bonds is 2. The van der Waals surface area contributed by atoms with Crippen LogP contribution in [0.5, 0.6) is 0 Å². The Kier molecular flexibility index (Phi) is 2.44. The van der Waals surface area contributed by atoms with Crippen molar-refractivity contribution in [3.63, 3.8) is 0 Å². The van der Waals surface area contributed by atoms with Gasteiger partial charge in [-0.25, -0.2) is 4.98 Å². The zero-order chi connectivity index (χ0) is 12.7. The van der Waals surface area contributed by atoms with Gasteiger partial charge in [0, 0.05) is 4.88 Å². The van der Waals surface area contributed by atoms with Gasteiger partial charge in [-0.3, -0.25) is 5.10 Å². The monoisotopic (exact) mass is 273 g/mol. The standard InChI is InChI=1S/C12H11N5OS/c1-2-4-8-7(3-1)5-9(19-8)12-15-11(17-18-12)10-13-6-14-16-10/h5-6H,1-4H2,(H,13,14,16). The number of hydrogen-bond acceptors (Lipinski definition) is 6. The summed E-state index contributed by atoms with van der Waals surface area (Å²) in [5, 5.41) is 10.4. The van der Waals surface area contributed by atoms with Gasteiger partial charge in [0.15, 0.2) is 5.82 Å². The highest BCUT2D eigenvalue weighted by molar-refractivity contribution is 7.15. The Bertz CT molecular complexity index is 676. The van der Waals surface area contributed by atoms with E-state index in [4.69, 9.17) is 4.52 Å². The topological polar surface area (TPSA) is 80.5 Å². The number of nitrogens with one attached hydrogen (secondary N) is 1. The molecule has 0 radical (unpaired) electrons. The second kappa shape index (κ2) is 4.27. The SMILES string of the molecule is c1n[nH]c(-c2noc(-c3cc4c(s3)CCCC4)n2)n1. The fraction of sp³-hybridized carbons (Fsp3) is 0.333. The summed E-state index contributed by atoms with van der Waals surface area (Å²) < 4.78 is 5.31. The zero-order valence-corrected chi connectivity index (χ0v) is 10.9. The largest absolute Gasteiger partial charge is 0.333 e. The Morgan fingerprint density at radius 2 is 2.21 bits per heavy atom. The predicted octanol–water partition coefficient (Wildman–Crippen LogP) is 2.46. The van der Waals surface area contributed by atoms with Gasteiger partial charge in [-0.15, -0.1) is 11.3 Å². The Labute approximate surface area is 112 Å². The minimum absolute atomic E-state index is 0.443. The fourth-order valence-electron chi connectivity index (χ4n) is 2.33. The average Bonchev–Trinajstić information content (AvgIpc) is 3.17. The van der Waals surface area contributed by atoms with Crippen LogP contribution in [0.3, 0.4) is 0 Å². The van der Waals surface area contributed by atoms with Gasteiger partial charge in [0.25, 0.3) is 5.89 Å². The van der Waals surface area contributed by atoms with Crippen molar-refractivity contribution in [3.8, 4) is 22.4 Å². The van der Waals surface area contributed by atoms with Crippen LogP contribution < -0.4 is 0 Å². The molecule has 96 valence electrons. The summed E-state index contributed by atoms with van der Waals surface area (Å²) in [5.41, 5.74) is 1.44. The molecule has 3 aromatic heterocycles. The number of thiophene rings is 1. The van der Waals surface area contributed by atoms with E-state index in [-0.39, 0.29) is 0 Å². The van der Waals surface area contributed by atoms with Crippen LogP contribution in [0.25, 0.3) is 22.4 Å². The Morgan fingerprint density at radius 1 is 1.26 bits per heavy atom. The summed E-state index contributed by atoms with van der Waals surface area (Å²) in [6.07, 6.45) is 6.31. The van der Waals surface area contributed by atoms with E-state index >= 15 is 0 Å². The minimum Gasteiger partial charge on any atom is -0.333 e. The van der Waals surface area contributed by atoms with Crippen molar-refractivity contribution in [2.45, 2.75) is 25.7 Å². The summed E-state index contributed by atoms with van der Waals surface area (Å²) in [5.74, 6) is 1.53. The van der Waals surface area contributed by atoms with Crippen molar-refractivity contribution in [2.75, 3.05) is 0 Å². The molecular weight excluding hydrogens is 262 g/mol. The molecule has 0 spiro atoms. The predicted molar refractivity (Wildman–Crippen MR) is 69.6 cm³/mol. The summed E-state index contributed by atoms with van der Waals surface area (Å²) in [7, 11) is 0. The third-order valence-corrected chi connectivity index (χ3v) is 4.49. The van der Waals surface area contributed by atoms with Crippen LogP contribution in [0.15, 0.2) is 16.9 Å². The Morgan fingerprint density at radius 3 is 3.05 bits per heavy atom. The molecule has 0 unspecified atom stereocenters. The van der Waals surface area contributed by atoms with Crippen LogP contribution in [0.4, 0.5) is 0 Å². The second-order valence-corrected chi connectivity index (χ2v) is 5.66. The molecule has 0 atom stereocenters. The van der Waals surface area contributed by atoms with E-state index < -0.39 is 0 Å². The number of aryl methyl sites for hydroxylation is 2. The molecule has 1 N–H and O–H groups in total. The van der Waals surface area contributed by atoms with Crippen molar-refractivity contribution in [1.29, 1.82) is 0 Å². The van der Waals surface area contributed by atoms with E-state index in [0.717, 1.165) is 11.3 Å². The van der Waals surface area contributed by atoms with Gasteiger partial charge in [-0.2, -0.15) is 10.1 Å². The van der Waals surface area contributed by atoms with Crippen LogP contribution in [-0.2, 0) is 12.8 Å². The molecule has 6 nitrogen and oxygen atoms in total. The quantitative estimate of drug-likeness (QED) is 0.775. The lowest BCUT2D eigenvalue weighted by molar-refractivity contribution is 0.433. The molecule has 0 saturated heterocycles. The number of hydrogen-bond donors (Lipinski definition) is 1. The first kappa shape index (κ1) is 10.9. The Balaban J connectivity index is 1.71. The molecule has 0 aromatic carbocycles. The van der Waals surface area contributed by atoms with Gasteiger partial charge >= 0.3 is 0 Å². The van der Waals surface area contributed by atoms with Gasteiger partial charge in [0.05, 0.1) is 4.88 Å². The highest BCUT2D eigenvalue weighted by Gasteiger charge is 2.18. The molecule has 1 aliphatic carbocycles. The number of aromatic amines is 1. The average molecular weight is 273 g/mol. The van der Waals surface area contributed by atoms with Crippen LogP contribution in [0.1, 0.15) is 23.3 Å². The fourth-order valence-corrected chi connectivity index (χ4v) is 3.50. The molecule has 7 heteroatoms. The maximum atomic E-state index is 5.31. The highest BCUT2D eigenvalue weighted by Crippen LogP contribution is 2.35. The molecule has 0 aliphatic heterocycles. The van der Waals surface area contributed by atoms with E-state index in [1.54, 1.807) is 11.3 Å². The van der Waals surface area contributed by atoms with Crippen molar-refractivity contribution in [2.24, 2.45) is 0 Å². The number of nitrogens with zero attached hydrogens (tertiary/aromatic N) is 4. The van der Waals surface area contributed by atoms with E-state index in [2.05, 4.69) is 31.4 Å². The first-order chi connectivity index (χ1) is 9.40. The van der Waals surface area contributed by atoms with E-state index in [1.807, 2.05) is 0 Å². The number of H-pyrrole nitrogens is 1. The molecule has 3 aromatic rings. The van der Waals surface area contributed by atoms with Gasteiger partial charge in [0.2, 0.25) is 5.82 Å². The van der Waals surface area contributed by atoms with Gasteiger partial charge in [0.1, 0.15) is 6.33 Å². The van der Waals surface area contributed by atoms with Crippen LogP contribution >= 0.6 is 11.3 Å². The first-order valence-electron chi connectivity index (χ1n) is 6.21. The lowest BCUT2D eigenvalue weighted by atomic mass is 9.99. The summed E-state index contributed by atoms with van der Waals surface area (Å²) in [6.45, 7) is 0. The highest BCUT2D eigenvalue weighted by atomic mass is 32.1. The van der Waals surface area contributed by atoms with Crippen molar-refractivity contribution in [1.82, 2.24) is 25.3 Å². The van der Waals surface area contributed by atoms with E-state index in [0.29, 0.717) is 17.5 Å². The van der Waals surface area contributed by atoms with Crippen LogP contribution in [0, 0.1) is 0 Å². The molecule has 0 fully saturated rings. The molecule has 4 rings (SSSR count). The van der Waals surface area contributed by atoms with Gasteiger partial charge < -0.3 is 4.52 Å². The summed E-state index contributed by atoms with van der Waals surface area (Å²) in [6, 6.07) is 2.18. The lowest BCUT2D eigenvalue weighted by Gasteiger charge is -2.08. The molecule has 19 heavy (non-hydrogen) atoms. The smallest absolute Gasteiger partial charge is 0.268 e. The molecular formula is C12H11N5OS. The van der Waals surface area contributed by atoms with E-state index in [1.165, 1.54) is 36.0 Å². The van der Waals surface area contributed by atoms with Crippen LogP contribution in [-0.4, -0.2) is 25.3 Å². The second-order valence-electron chi connectivity index (χ2n) is 4.52. The maximum Gasteiger partial charge on any atom is 0.268 e. The molecule has 0 saturated carbocycles. The van der Waals surface area contributed by atoms with Crippen LogP contribution in [0.2, 0.25) is 0 Å².